The molecule has 1 aliphatic rings. The third kappa shape index (κ3) is 2.54. The van der Waals surface area contributed by atoms with Crippen molar-refractivity contribution < 1.29 is 13.6 Å². The fraction of sp³-hybridized carbons (Fsp3) is 0.400. The summed E-state index contributed by atoms with van der Waals surface area (Å²) in [6.45, 7) is 3.96. The van der Waals surface area contributed by atoms with Crippen LogP contribution >= 0.6 is 20.2 Å². The van der Waals surface area contributed by atoms with Gasteiger partial charge in [-0.2, -0.15) is 0 Å². The zero-order valence-corrected chi connectivity index (χ0v) is 10.2. The Bertz CT molecular complexity index is 320. The topological polar surface area (TPSA) is 27.7 Å². The first-order valence-corrected chi connectivity index (χ1v) is 6.26. The summed E-state index contributed by atoms with van der Waals surface area (Å²) in [5.74, 6) is 1.66. The van der Waals surface area contributed by atoms with Gasteiger partial charge in [-0.3, -0.25) is 4.52 Å². The Kier molecular flexibility index (Phi) is 3.35. The second kappa shape index (κ2) is 4.56. The van der Waals surface area contributed by atoms with E-state index >= 15 is 0 Å². The number of benzene rings is 1. The summed E-state index contributed by atoms with van der Waals surface area (Å²) in [6.07, 6.45) is 0. The Morgan fingerprint density at radius 1 is 1.20 bits per heavy atom. The molecule has 0 spiro atoms. The summed E-state index contributed by atoms with van der Waals surface area (Å²) in [6, 6.07) is 7.47. The Morgan fingerprint density at radius 3 is 2.20 bits per heavy atom. The molecule has 0 amide bonds. The summed E-state index contributed by atoms with van der Waals surface area (Å²) in [5, 5.41) is 0. The van der Waals surface area contributed by atoms with Crippen LogP contribution in [0.1, 0.15) is 13.8 Å². The molecule has 1 atom stereocenters. The van der Waals surface area contributed by atoms with Crippen LogP contribution in [-0.2, 0) is 4.52 Å². The maximum atomic E-state index is 5.97. The number of para-hydroxylation sites is 2. The molecule has 0 unspecified atom stereocenters. The van der Waals surface area contributed by atoms with Gasteiger partial charge in [0.15, 0.2) is 11.5 Å². The maximum absolute atomic E-state index is 5.97. The van der Waals surface area contributed by atoms with Crippen LogP contribution in [0.4, 0.5) is 0 Å². The molecule has 0 bridgehead atoms. The van der Waals surface area contributed by atoms with Crippen molar-refractivity contribution in [2.75, 3.05) is 0 Å². The number of alkyl halides is 1. The standard InChI is InChI=1S/C10H12ClO3P/c1-7(2)10(11)14-15-12-8-5-3-4-6-9(8)13-15/h3-7,10H,1-2H3/t10-/m0/s1. The van der Waals surface area contributed by atoms with Crippen LogP contribution in [0.2, 0.25) is 0 Å². The molecular formula is C10H12ClO3P. The van der Waals surface area contributed by atoms with Crippen LogP contribution in [0.3, 0.4) is 0 Å². The zero-order chi connectivity index (χ0) is 10.8. The largest absolute Gasteiger partial charge is 0.464 e. The molecule has 0 aliphatic carbocycles. The van der Waals surface area contributed by atoms with E-state index in [1.165, 1.54) is 0 Å². The smallest absolute Gasteiger partial charge is 0.414 e. The van der Waals surface area contributed by atoms with Crippen LogP contribution in [0.25, 0.3) is 0 Å². The average Bonchev–Trinajstić information content (AvgIpc) is 2.59. The van der Waals surface area contributed by atoms with Gasteiger partial charge in [-0.05, 0) is 18.1 Å². The monoisotopic (exact) mass is 246 g/mol. The van der Waals surface area contributed by atoms with Crippen molar-refractivity contribution in [2.24, 2.45) is 5.92 Å². The minimum absolute atomic E-state index is 0.227. The lowest BCUT2D eigenvalue weighted by atomic mass is 10.2. The van der Waals surface area contributed by atoms with Gasteiger partial charge in [-0.15, -0.1) is 0 Å². The molecule has 0 fully saturated rings. The first kappa shape index (κ1) is 11.0. The maximum Gasteiger partial charge on any atom is 0.464 e. The molecule has 1 aliphatic heterocycles. The van der Waals surface area contributed by atoms with Crippen molar-refractivity contribution in [1.82, 2.24) is 0 Å². The van der Waals surface area contributed by atoms with E-state index < -0.39 is 8.60 Å². The first-order valence-electron chi connectivity index (χ1n) is 4.73. The van der Waals surface area contributed by atoms with Gasteiger partial charge in [0.1, 0.15) is 5.56 Å². The van der Waals surface area contributed by atoms with Gasteiger partial charge >= 0.3 is 8.60 Å². The Labute approximate surface area is 95.3 Å². The van der Waals surface area contributed by atoms with E-state index in [4.69, 9.17) is 25.2 Å². The van der Waals surface area contributed by atoms with E-state index in [0.29, 0.717) is 0 Å². The number of fused-ring (bicyclic) bond motifs is 1. The second-order valence-corrected chi connectivity index (χ2v) is 5.01. The zero-order valence-electron chi connectivity index (χ0n) is 8.51. The van der Waals surface area contributed by atoms with Crippen molar-refractivity contribution in [3.63, 3.8) is 0 Å². The SMILES string of the molecule is CC(C)[C@@H](Cl)OP1Oc2ccccc2O1. The van der Waals surface area contributed by atoms with E-state index in [-0.39, 0.29) is 11.5 Å². The van der Waals surface area contributed by atoms with Gasteiger partial charge in [-0.25, -0.2) is 0 Å². The summed E-state index contributed by atoms with van der Waals surface area (Å²) in [5.41, 5.74) is -0.384. The lowest BCUT2D eigenvalue weighted by Crippen LogP contribution is -2.11. The van der Waals surface area contributed by atoms with Crippen molar-refractivity contribution in [3.8, 4) is 11.5 Å². The fourth-order valence-corrected chi connectivity index (χ4v) is 2.38. The molecule has 0 saturated heterocycles. The number of hydrogen-bond donors (Lipinski definition) is 0. The van der Waals surface area contributed by atoms with Gasteiger partial charge in [-0.1, -0.05) is 37.6 Å². The highest BCUT2D eigenvalue weighted by Gasteiger charge is 2.30. The fourth-order valence-electron chi connectivity index (χ4n) is 1.03. The highest BCUT2D eigenvalue weighted by Crippen LogP contribution is 2.53. The highest BCUT2D eigenvalue weighted by atomic mass is 35.5. The molecule has 0 N–H and O–H groups in total. The molecular weight excluding hydrogens is 235 g/mol. The Morgan fingerprint density at radius 2 is 1.73 bits per heavy atom. The van der Waals surface area contributed by atoms with Crippen LogP contribution in [0.5, 0.6) is 11.5 Å². The van der Waals surface area contributed by atoms with E-state index in [1.54, 1.807) is 0 Å². The van der Waals surface area contributed by atoms with E-state index in [1.807, 2.05) is 38.1 Å². The number of hydrogen-bond acceptors (Lipinski definition) is 3. The van der Waals surface area contributed by atoms with Crippen molar-refractivity contribution >= 4 is 20.2 Å². The van der Waals surface area contributed by atoms with E-state index in [9.17, 15) is 0 Å². The minimum atomic E-state index is -1.38. The van der Waals surface area contributed by atoms with Crippen LogP contribution in [0.15, 0.2) is 24.3 Å². The molecule has 15 heavy (non-hydrogen) atoms. The van der Waals surface area contributed by atoms with Crippen LogP contribution < -0.4 is 9.05 Å². The molecule has 1 aromatic rings. The Balaban J connectivity index is 1.96. The third-order valence-electron chi connectivity index (χ3n) is 1.91. The van der Waals surface area contributed by atoms with Gasteiger partial charge in [0.25, 0.3) is 0 Å². The molecule has 0 radical (unpaired) electrons. The summed E-state index contributed by atoms with van der Waals surface area (Å²) >= 11 is 5.97. The highest BCUT2D eigenvalue weighted by molar-refractivity contribution is 7.43. The number of rotatable bonds is 3. The molecule has 5 heteroatoms. The summed E-state index contributed by atoms with van der Waals surface area (Å²) in [7, 11) is -1.38. The lowest BCUT2D eigenvalue weighted by Gasteiger charge is -2.15. The van der Waals surface area contributed by atoms with Crippen molar-refractivity contribution in [2.45, 2.75) is 19.4 Å². The molecule has 2 rings (SSSR count). The first-order chi connectivity index (χ1) is 7.16. The predicted molar refractivity (Wildman–Crippen MR) is 60.2 cm³/mol. The van der Waals surface area contributed by atoms with Crippen LogP contribution in [-0.4, -0.2) is 5.56 Å². The average molecular weight is 247 g/mol. The third-order valence-corrected chi connectivity index (χ3v) is 3.71. The van der Waals surface area contributed by atoms with Gasteiger partial charge in [0.2, 0.25) is 0 Å². The Hall–Kier alpha value is -0.500. The molecule has 1 aromatic carbocycles. The van der Waals surface area contributed by atoms with E-state index in [0.717, 1.165) is 11.5 Å². The van der Waals surface area contributed by atoms with Gasteiger partial charge < -0.3 is 9.05 Å². The number of halogens is 1. The quantitative estimate of drug-likeness (QED) is 0.598. The lowest BCUT2D eigenvalue weighted by molar-refractivity contribution is 0.211. The second-order valence-electron chi connectivity index (χ2n) is 3.55. The van der Waals surface area contributed by atoms with Gasteiger partial charge in [0.05, 0.1) is 0 Å². The van der Waals surface area contributed by atoms with Crippen molar-refractivity contribution in [3.05, 3.63) is 24.3 Å². The molecule has 1 heterocycles. The minimum Gasteiger partial charge on any atom is -0.414 e. The molecule has 0 aromatic heterocycles. The normalized spacial score (nSPS) is 17.1. The summed E-state index contributed by atoms with van der Waals surface area (Å²) < 4.78 is 16.4. The van der Waals surface area contributed by atoms with Crippen molar-refractivity contribution in [1.29, 1.82) is 0 Å². The molecule has 0 saturated carbocycles. The summed E-state index contributed by atoms with van der Waals surface area (Å²) in [4.78, 5) is 0. The molecule has 3 nitrogen and oxygen atoms in total. The van der Waals surface area contributed by atoms with Crippen LogP contribution in [0, 0.1) is 5.92 Å². The van der Waals surface area contributed by atoms with Gasteiger partial charge in [0, 0.05) is 0 Å². The predicted octanol–water partition coefficient (Wildman–Crippen LogP) is 3.92. The molecule has 82 valence electrons. The van der Waals surface area contributed by atoms with E-state index in [2.05, 4.69) is 0 Å².